The summed E-state index contributed by atoms with van der Waals surface area (Å²) in [7, 11) is 3.10. The summed E-state index contributed by atoms with van der Waals surface area (Å²) in [4.78, 5) is 37.8. The first-order valence-electron chi connectivity index (χ1n) is 8.45. The van der Waals surface area contributed by atoms with E-state index in [2.05, 4.69) is 5.32 Å². The molecule has 3 rings (SSSR count). The molecule has 0 spiro atoms. The fraction of sp³-hybridized carbons (Fsp3) is 0.250. The number of fused-ring (bicyclic) bond motifs is 1. The van der Waals surface area contributed by atoms with Crippen LogP contribution in [0, 0.1) is 0 Å². The molecule has 7 nitrogen and oxygen atoms in total. The van der Waals surface area contributed by atoms with Crippen LogP contribution < -0.4 is 15.0 Å². The maximum atomic E-state index is 12.7. The highest BCUT2D eigenvalue weighted by Crippen LogP contribution is 2.35. The van der Waals surface area contributed by atoms with Gasteiger partial charge in [-0.2, -0.15) is 0 Å². The third kappa shape index (κ3) is 3.62. The van der Waals surface area contributed by atoms with E-state index in [-0.39, 0.29) is 36.1 Å². The zero-order valence-electron chi connectivity index (χ0n) is 15.1. The lowest BCUT2D eigenvalue weighted by Crippen LogP contribution is -2.39. The Hall–Kier alpha value is -3.35. The Labute approximate surface area is 156 Å². The Morgan fingerprint density at radius 1 is 1.26 bits per heavy atom. The van der Waals surface area contributed by atoms with E-state index in [1.165, 1.54) is 13.2 Å². The number of carbonyl (C=O) groups excluding carboxylic acids is 2. The predicted molar refractivity (Wildman–Crippen MR) is 99.0 cm³/mol. The van der Waals surface area contributed by atoms with Gasteiger partial charge in [0.05, 0.1) is 13.0 Å². The van der Waals surface area contributed by atoms with Crippen molar-refractivity contribution < 1.29 is 24.2 Å². The van der Waals surface area contributed by atoms with E-state index in [4.69, 9.17) is 4.74 Å². The van der Waals surface area contributed by atoms with E-state index >= 15 is 0 Å². The van der Waals surface area contributed by atoms with E-state index in [1.54, 1.807) is 24.1 Å². The second-order valence-electron chi connectivity index (χ2n) is 6.33. The summed E-state index contributed by atoms with van der Waals surface area (Å²) in [5.41, 5.74) is 2.20. The van der Waals surface area contributed by atoms with Gasteiger partial charge in [-0.3, -0.25) is 9.59 Å². The van der Waals surface area contributed by atoms with Crippen LogP contribution in [0.3, 0.4) is 0 Å². The van der Waals surface area contributed by atoms with Crippen LogP contribution >= 0.6 is 0 Å². The molecule has 1 unspecified atom stereocenters. The van der Waals surface area contributed by atoms with Gasteiger partial charge in [-0.05, 0) is 29.3 Å². The molecular weight excluding hydrogens is 348 g/mol. The number of amides is 2. The standard InChI is InChI=1S/C20H20N2O5/c1-22-16-6-4-3-5-13(16)14(10-18(22)23)19(24)21-11-12-7-8-17(27-2)15(9-12)20(25)26/h3-9,14H,10-11H2,1-2H3,(H,21,24)(H,25,26). The Bertz CT molecular complexity index is 909. The first-order chi connectivity index (χ1) is 12.9. The molecule has 0 radical (unpaired) electrons. The molecule has 27 heavy (non-hydrogen) atoms. The van der Waals surface area contributed by atoms with Crippen LogP contribution in [-0.4, -0.2) is 37.0 Å². The van der Waals surface area contributed by atoms with Crippen molar-refractivity contribution in [2.75, 3.05) is 19.1 Å². The first-order valence-corrected chi connectivity index (χ1v) is 8.45. The number of hydrogen-bond acceptors (Lipinski definition) is 4. The lowest BCUT2D eigenvalue weighted by Gasteiger charge is -2.30. The topological polar surface area (TPSA) is 95.9 Å². The van der Waals surface area contributed by atoms with Gasteiger partial charge in [0.2, 0.25) is 11.8 Å². The fourth-order valence-electron chi connectivity index (χ4n) is 3.22. The Balaban J connectivity index is 1.77. The number of ether oxygens (including phenoxy) is 1. The highest BCUT2D eigenvalue weighted by molar-refractivity contribution is 6.02. The van der Waals surface area contributed by atoms with Gasteiger partial charge in [-0.15, -0.1) is 0 Å². The van der Waals surface area contributed by atoms with Gasteiger partial charge in [-0.1, -0.05) is 24.3 Å². The van der Waals surface area contributed by atoms with Crippen LogP contribution in [-0.2, 0) is 16.1 Å². The van der Waals surface area contributed by atoms with Crippen molar-refractivity contribution in [1.82, 2.24) is 5.32 Å². The Morgan fingerprint density at radius 3 is 2.70 bits per heavy atom. The van der Waals surface area contributed by atoms with Crippen LogP contribution in [0.2, 0.25) is 0 Å². The average molecular weight is 368 g/mol. The molecule has 2 aromatic rings. The number of anilines is 1. The zero-order chi connectivity index (χ0) is 19.6. The maximum Gasteiger partial charge on any atom is 0.339 e. The minimum atomic E-state index is -1.10. The molecule has 0 aromatic heterocycles. The molecule has 0 aliphatic carbocycles. The first kappa shape index (κ1) is 18.4. The van der Waals surface area contributed by atoms with Crippen molar-refractivity contribution in [3.63, 3.8) is 0 Å². The number of benzene rings is 2. The molecular formula is C20H20N2O5. The second-order valence-corrected chi connectivity index (χ2v) is 6.33. The number of carbonyl (C=O) groups is 3. The number of carboxylic acids is 1. The van der Waals surface area contributed by atoms with Crippen LogP contribution in [0.25, 0.3) is 0 Å². The molecule has 1 atom stereocenters. The largest absolute Gasteiger partial charge is 0.496 e. The van der Waals surface area contributed by atoms with Crippen LogP contribution in [0.15, 0.2) is 42.5 Å². The minimum Gasteiger partial charge on any atom is -0.496 e. The lowest BCUT2D eigenvalue weighted by molar-refractivity contribution is -0.127. The van der Waals surface area contributed by atoms with Gasteiger partial charge in [-0.25, -0.2) is 4.79 Å². The van der Waals surface area contributed by atoms with Gasteiger partial charge < -0.3 is 20.1 Å². The van der Waals surface area contributed by atoms with E-state index in [9.17, 15) is 19.5 Å². The fourth-order valence-corrected chi connectivity index (χ4v) is 3.22. The monoisotopic (exact) mass is 368 g/mol. The number of carboxylic acid groups (broad SMARTS) is 1. The van der Waals surface area contributed by atoms with Gasteiger partial charge in [0.1, 0.15) is 11.3 Å². The lowest BCUT2D eigenvalue weighted by atomic mass is 9.89. The summed E-state index contributed by atoms with van der Waals surface area (Å²) in [6.45, 7) is 0.159. The molecule has 140 valence electrons. The summed E-state index contributed by atoms with van der Waals surface area (Å²) in [6.07, 6.45) is 0.0995. The van der Waals surface area contributed by atoms with Crippen molar-refractivity contribution in [3.05, 3.63) is 59.2 Å². The van der Waals surface area contributed by atoms with Gasteiger partial charge in [0.25, 0.3) is 0 Å². The summed E-state index contributed by atoms with van der Waals surface area (Å²) in [6, 6.07) is 12.0. The summed E-state index contributed by atoms with van der Waals surface area (Å²) in [5, 5.41) is 12.1. The molecule has 1 aliphatic heterocycles. The van der Waals surface area contributed by atoms with Gasteiger partial charge in [0, 0.05) is 25.7 Å². The van der Waals surface area contributed by atoms with E-state index < -0.39 is 11.9 Å². The zero-order valence-corrected chi connectivity index (χ0v) is 15.1. The third-order valence-corrected chi connectivity index (χ3v) is 4.70. The van der Waals surface area contributed by atoms with E-state index in [0.29, 0.717) is 5.56 Å². The predicted octanol–water partition coefficient (Wildman–Crippen LogP) is 2.16. The SMILES string of the molecule is COc1ccc(CNC(=O)C2CC(=O)N(C)c3ccccc32)cc1C(=O)O. The number of hydrogen-bond donors (Lipinski definition) is 2. The van der Waals surface area contributed by atoms with E-state index in [1.807, 2.05) is 24.3 Å². The second kappa shape index (κ2) is 7.49. The normalized spacial score (nSPS) is 15.9. The van der Waals surface area contributed by atoms with Gasteiger partial charge in [0.15, 0.2) is 0 Å². The molecule has 2 amide bonds. The molecule has 2 aromatic carbocycles. The Morgan fingerprint density at radius 2 is 2.00 bits per heavy atom. The highest BCUT2D eigenvalue weighted by atomic mass is 16.5. The molecule has 0 saturated carbocycles. The number of aromatic carboxylic acids is 1. The van der Waals surface area contributed by atoms with Crippen molar-refractivity contribution in [2.24, 2.45) is 0 Å². The van der Waals surface area contributed by atoms with Crippen LogP contribution in [0.1, 0.15) is 33.8 Å². The number of nitrogens with zero attached hydrogens (tertiary/aromatic N) is 1. The molecule has 1 heterocycles. The summed E-state index contributed by atoms with van der Waals surface area (Å²) < 4.78 is 5.03. The third-order valence-electron chi connectivity index (χ3n) is 4.70. The minimum absolute atomic E-state index is 0.0315. The van der Waals surface area contributed by atoms with E-state index in [0.717, 1.165) is 11.3 Å². The van der Waals surface area contributed by atoms with Crippen molar-refractivity contribution in [3.8, 4) is 5.75 Å². The number of methoxy groups -OCH3 is 1. The van der Waals surface area contributed by atoms with Crippen molar-refractivity contribution >= 4 is 23.5 Å². The summed E-state index contributed by atoms with van der Waals surface area (Å²) in [5.74, 6) is -1.80. The van der Waals surface area contributed by atoms with Crippen LogP contribution in [0.5, 0.6) is 5.75 Å². The molecule has 0 bridgehead atoms. The molecule has 0 saturated heterocycles. The average Bonchev–Trinajstić information content (AvgIpc) is 2.68. The molecule has 1 aliphatic rings. The van der Waals surface area contributed by atoms with Gasteiger partial charge >= 0.3 is 5.97 Å². The molecule has 2 N–H and O–H groups in total. The molecule has 0 fully saturated rings. The quantitative estimate of drug-likeness (QED) is 0.843. The van der Waals surface area contributed by atoms with Crippen LogP contribution in [0.4, 0.5) is 5.69 Å². The number of rotatable bonds is 5. The number of nitrogens with one attached hydrogen (secondary N) is 1. The maximum absolute atomic E-state index is 12.7. The highest BCUT2D eigenvalue weighted by Gasteiger charge is 2.33. The van der Waals surface area contributed by atoms with Crippen molar-refractivity contribution in [2.45, 2.75) is 18.9 Å². The summed E-state index contributed by atoms with van der Waals surface area (Å²) >= 11 is 0. The smallest absolute Gasteiger partial charge is 0.339 e. The molecule has 7 heteroatoms. The Kier molecular flexibility index (Phi) is 5.12. The number of para-hydroxylation sites is 1. The van der Waals surface area contributed by atoms with Crippen molar-refractivity contribution in [1.29, 1.82) is 0 Å².